The molecule has 1 unspecified atom stereocenters. The first kappa shape index (κ1) is 15.6. The lowest BCUT2D eigenvalue weighted by molar-refractivity contribution is 0.0735. The number of para-hydroxylation sites is 1. The molecule has 2 aromatic rings. The second-order valence-electron chi connectivity index (χ2n) is 5.82. The molecular formula is C18H22N2O3. The molecule has 3 rings (SSSR count). The number of methoxy groups -OCH3 is 1. The van der Waals surface area contributed by atoms with Gasteiger partial charge >= 0.3 is 0 Å². The number of ether oxygens (including phenoxy) is 1. The SMILES string of the molecule is COc1ccccc1CC1CCCN1C(=O)c1coc(CN)c1. The van der Waals surface area contributed by atoms with Gasteiger partial charge in [0.1, 0.15) is 17.8 Å². The molecule has 2 N–H and O–H groups in total. The molecule has 0 spiro atoms. The van der Waals surface area contributed by atoms with Crippen molar-refractivity contribution in [2.45, 2.75) is 31.8 Å². The average Bonchev–Trinajstić information content (AvgIpc) is 3.24. The molecule has 23 heavy (non-hydrogen) atoms. The number of benzene rings is 1. The van der Waals surface area contributed by atoms with Crippen molar-refractivity contribution >= 4 is 5.91 Å². The molecule has 1 saturated heterocycles. The summed E-state index contributed by atoms with van der Waals surface area (Å²) < 4.78 is 10.7. The van der Waals surface area contributed by atoms with Gasteiger partial charge in [0, 0.05) is 12.6 Å². The lowest BCUT2D eigenvalue weighted by Gasteiger charge is -2.25. The summed E-state index contributed by atoms with van der Waals surface area (Å²) in [7, 11) is 1.68. The van der Waals surface area contributed by atoms with Gasteiger partial charge in [0.25, 0.3) is 5.91 Å². The lowest BCUT2D eigenvalue weighted by atomic mass is 10.0. The predicted molar refractivity (Wildman–Crippen MR) is 87.4 cm³/mol. The maximum Gasteiger partial charge on any atom is 0.257 e. The van der Waals surface area contributed by atoms with Crippen molar-refractivity contribution in [2.24, 2.45) is 5.73 Å². The molecule has 0 aliphatic carbocycles. The standard InChI is InChI=1S/C18H22N2O3/c1-22-17-7-3-2-5-13(17)9-15-6-4-8-20(15)18(21)14-10-16(11-19)23-12-14/h2-3,5,7,10,12,15H,4,6,8-9,11,19H2,1H3. The molecule has 1 aliphatic heterocycles. The van der Waals surface area contributed by atoms with E-state index >= 15 is 0 Å². The highest BCUT2D eigenvalue weighted by Crippen LogP contribution is 2.27. The van der Waals surface area contributed by atoms with Crippen LogP contribution in [-0.2, 0) is 13.0 Å². The Morgan fingerprint density at radius 2 is 2.26 bits per heavy atom. The van der Waals surface area contributed by atoms with Crippen molar-refractivity contribution in [3.63, 3.8) is 0 Å². The van der Waals surface area contributed by atoms with E-state index in [1.165, 1.54) is 6.26 Å². The summed E-state index contributed by atoms with van der Waals surface area (Å²) in [6, 6.07) is 9.91. The second kappa shape index (κ2) is 6.87. The summed E-state index contributed by atoms with van der Waals surface area (Å²) in [5.41, 5.74) is 7.26. The first-order chi connectivity index (χ1) is 11.2. The third-order valence-corrected chi connectivity index (χ3v) is 4.39. The van der Waals surface area contributed by atoms with Gasteiger partial charge in [-0.15, -0.1) is 0 Å². The summed E-state index contributed by atoms with van der Waals surface area (Å²) in [5.74, 6) is 1.53. The Labute approximate surface area is 136 Å². The van der Waals surface area contributed by atoms with Crippen molar-refractivity contribution in [3.8, 4) is 5.75 Å². The summed E-state index contributed by atoms with van der Waals surface area (Å²) >= 11 is 0. The predicted octanol–water partition coefficient (Wildman–Crippen LogP) is 2.59. The lowest BCUT2D eigenvalue weighted by Crippen LogP contribution is -2.36. The van der Waals surface area contributed by atoms with Crippen molar-refractivity contribution < 1.29 is 13.9 Å². The van der Waals surface area contributed by atoms with E-state index in [-0.39, 0.29) is 11.9 Å². The molecule has 0 radical (unpaired) electrons. The van der Waals surface area contributed by atoms with E-state index in [0.717, 1.165) is 37.1 Å². The number of hydrogen-bond acceptors (Lipinski definition) is 4. The van der Waals surface area contributed by atoms with E-state index in [4.69, 9.17) is 14.9 Å². The fourth-order valence-electron chi connectivity index (χ4n) is 3.21. The van der Waals surface area contributed by atoms with Crippen LogP contribution in [0, 0.1) is 0 Å². The topological polar surface area (TPSA) is 68.7 Å². The number of likely N-dealkylation sites (tertiary alicyclic amines) is 1. The number of nitrogens with two attached hydrogens (primary N) is 1. The van der Waals surface area contributed by atoms with Crippen LogP contribution in [0.25, 0.3) is 0 Å². The minimum atomic E-state index is 0.0193. The van der Waals surface area contributed by atoms with Crippen molar-refractivity contribution in [1.29, 1.82) is 0 Å². The van der Waals surface area contributed by atoms with Gasteiger partial charge in [-0.25, -0.2) is 0 Å². The number of nitrogens with zero attached hydrogens (tertiary/aromatic N) is 1. The zero-order valence-corrected chi connectivity index (χ0v) is 13.3. The van der Waals surface area contributed by atoms with Crippen LogP contribution in [0.2, 0.25) is 0 Å². The van der Waals surface area contributed by atoms with E-state index in [1.807, 2.05) is 23.1 Å². The van der Waals surface area contributed by atoms with Gasteiger partial charge < -0.3 is 19.8 Å². The van der Waals surface area contributed by atoms with Gasteiger partial charge in [-0.05, 0) is 37.0 Å². The highest BCUT2D eigenvalue weighted by Gasteiger charge is 2.30. The molecule has 122 valence electrons. The van der Waals surface area contributed by atoms with E-state index in [0.29, 0.717) is 17.9 Å². The van der Waals surface area contributed by atoms with Gasteiger partial charge in [-0.1, -0.05) is 18.2 Å². The third-order valence-electron chi connectivity index (χ3n) is 4.39. The van der Waals surface area contributed by atoms with Crippen LogP contribution in [0.15, 0.2) is 41.0 Å². The summed E-state index contributed by atoms with van der Waals surface area (Å²) in [6.07, 6.45) is 4.33. The number of carbonyl (C=O) groups is 1. The van der Waals surface area contributed by atoms with Crippen LogP contribution in [0.3, 0.4) is 0 Å². The maximum absolute atomic E-state index is 12.7. The largest absolute Gasteiger partial charge is 0.496 e. The number of hydrogen-bond donors (Lipinski definition) is 1. The monoisotopic (exact) mass is 314 g/mol. The minimum Gasteiger partial charge on any atom is -0.496 e. The highest BCUT2D eigenvalue weighted by atomic mass is 16.5. The van der Waals surface area contributed by atoms with Crippen molar-refractivity contribution in [2.75, 3.05) is 13.7 Å². The van der Waals surface area contributed by atoms with Crippen LogP contribution in [0.1, 0.15) is 34.5 Å². The highest BCUT2D eigenvalue weighted by molar-refractivity contribution is 5.94. The molecule has 1 amide bonds. The molecule has 1 aromatic carbocycles. The molecule has 5 nitrogen and oxygen atoms in total. The number of carbonyl (C=O) groups excluding carboxylic acids is 1. The molecule has 1 atom stereocenters. The summed E-state index contributed by atoms with van der Waals surface area (Å²) in [5, 5.41) is 0. The normalized spacial score (nSPS) is 17.5. The molecular weight excluding hydrogens is 292 g/mol. The summed E-state index contributed by atoms with van der Waals surface area (Å²) in [6.45, 7) is 1.08. The minimum absolute atomic E-state index is 0.0193. The van der Waals surface area contributed by atoms with Crippen LogP contribution in [0.5, 0.6) is 5.75 Å². The van der Waals surface area contributed by atoms with Gasteiger partial charge in [0.15, 0.2) is 0 Å². The van der Waals surface area contributed by atoms with E-state index in [1.54, 1.807) is 13.2 Å². The Bertz CT molecular complexity index is 680. The zero-order valence-electron chi connectivity index (χ0n) is 13.3. The second-order valence-corrected chi connectivity index (χ2v) is 5.82. The molecule has 1 aliphatic rings. The van der Waals surface area contributed by atoms with E-state index in [2.05, 4.69) is 6.07 Å². The molecule has 1 fully saturated rings. The smallest absolute Gasteiger partial charge is 0.257 e. The van der Waals surface area contributed by atoms with Gasteiger partial charge in [0.05, 0.1) is 19.2 Å². The Hall–Kier alpha value is -2.27. The summed E-state index contributed by atoms with van der Waals surface area (Å²) in [4.78, 5) is 14.7. The van der Waals surface area contributed by atoms with E-state index < -0.39 is 0 Å². The van der Waals surface area contributed by atoms with Crippen LogP contribution in [-0.4, -0.2) is 30.5 Å². The number of rotatable bonds is 5. The first-order valence-electron chi connectivity index (χ1n) is 7.93. The molecule has 0 bridgehead atoms. The Kier molecular flexibility index (Phi) is 4.67. The van der Waals surface area contributed by atoms with Crippen LogP contribution in [0.4, 0.5) is 0 Å². The van der Waals surface area contributed by atoms with Gasteiger partial charge in [-0.2, -0.15) is 0 Å². The Morgan fingerprint density at radius 1 is 1.43 bits per heavy atom. The molecule has 1 aromatic heterocycles. The van der Waals surface area contributed by atoms with Crippen LogP contribution < -0.4 is 10.5 Å². The fraction of sp³-hybridized carbons (Fsp3) is 0.389. The van der Waals surface area contributed by atoms with Crippen molar-refractivity contribution in [3.05, 3.63) is 53.5 Å². The molecule has 2 heterocycles. The van der Waals surface area contributed by atoms with Gasteiger partial charge in [-0.3, -0.25) is 4.79 Å². The maximum atomic E-state index is 12.7. The Morgan fingerprint density at radius 3 is 3.00 bits per heavy atom. The third kappa shape index (κ3) is 3.24. The first-order valence-corrected chi connectivity index (χ1v) is 7.93. The molecule has 0 saturated carbocycles. The fourth-order valence-corrected chi connectivity index (χ4v) is 3.21. The van der Waals surface area contributed by atoms with Crippen LogP contribution >= 0.6 is 0 Å². The number of amides is 1. The quantitative estimate of drug-likeness (QED) is 0.921. The Balaban J connectivity index is 1.76. The molecule has 5 heteroatoms. The van der Waals surface area contributed by atoms with E-state index in [9.17, 15) is 4.79 Å². The van der Waals surface area contributed by atoms with Gasteiger partial charge in [0.2, 0.25) is 0 Å². The number of furan rings is 1. The van der Waals surface area contributed by atoms with Crippen molar-refractivity contribution in [1.82, 2.24) is 4.90 Å². The average molecular weight is 314 g/mol. The zero-order chi connectivity index (χ0) is 16.2.